The van der Waals surface area contributed by atoms with Crippen molar-refractivity contribution in [2.24, 2.45) is 0 Å². The van der Waals surface area contributed by atoms with Crippen molar-refractivity contribution in [3.8, 4) is 0 Å². The molecule has 1 amide bonds. The number of aryl methyl sites for hydroxylation is 2. The van der Waals surface area contributed by atoms with Gasteiger partial charge in [0.25, 0.3) is 0 Å². The van der Waals surface area contributed by atoms with E-state index >= 15 is 0 Å². The highest BCUT2D eigenvalue weighted by Gasteiger charge is 2.20. The van der Waals surface area contributed by atoms with E-state index in [-0.39, 0.29) is 18.4 Å². The molecule has 0 aliphatic heterocycles. The molecular formula is C19H20ClN3O2. The number of furan rings is 1. The van der Waals surface area contributed by atoms with Crippen LogP contribution in [0.1, 0.15) is 28.8 Å². The largest absolute Gasteiger partial charge is 0.467 e. The number of carbonyl (C=O) groups excluding carboxylic acids is 1. The Labute approximate surface area is 151 Å². The molecule has 0 aliphatic carbocycles. The Bertz CT molecular complexity index is 855. The number of hydrogen-bond donors (Lipinski definition) is 1. The summed E-state index contributed by atoms with van der Waals surface area (Å²) >= 11 is 6.12. The maximum atomic E-state index is 12.3. The van der Waals surface area contributed by atoms with Crippen LogP contribution in [0.4, 0.5) is 0 Å². The van der Waals surface area contributed by atoms with Gasteiger partial charge in [-0.15, -0.1) is 0 Å². The van der Waals surface area contributed by atoms with E-state index in [1.165, 1.54) is 0 Å². The quantitative estimate of drug-likeness (QED) is 0.731. The molecule has 0 radical (unpaired) electrons. The molecule has 0 aliphatic rings. The van der Waals surface area contributed by atoms with Crippen molar-refractivity contribution in [2.75, 3.05) is 6.54 Å². The Balaban J connectivity index is 1.72. The molecule has 2 heterocycles. The van der Waals surface area contributed by atoms with Gasteiger partial charge in [0.2, 0.25) is 5.91 Å². The second-order valence-corrected chi connectivity index (χ2v) is 6.38. The molecule has 25 heavy (non-hydrogen) atoms. The third-order valence-corrected chi connectivity index (χ3v) is 4.38. The number of aromatic nitrogens is 2. The maximum Gasteiger partial charge on any atom is 0.224 e. The van der Waals surface area contributed by atoms with Crippen LogP contribution in [0, 0.1) is 13.8 Å². The highest BCUT2D eigenvalue weighted by molar-refractivity contribution is 6.31. The number of amides is 1. The highest BCUT2D eigenvalue weighted by Crippen LogP contribution is 2.20. The van der Waals surface area contributed by atoms with Crippen molar-refractivity contribution in [2.45, 2.75) is 26.3 Å². The Morgan fingerprint density at radius 3 is 2.72 bits per heavy atom. The first-order chi connectivity index (χ1) is 12.0. The minimum Gasteiger partial charge on any atom is -0.467 e. The molecule has 0 saturated heterocycles. The fourth-order valence-electron chi connectivity index (χ4n) is 2.84. The summed E-state index contributed by atoms with van der Waals surface area (Å²) in [5.41, 5.74) is 2.75. The zero-order chi connectivity index (χ0) is 17.8. The van der Waals surface area contributed by atoms with Gasteiger partial charge in [0, 0.05) is 17.3 Å². The minimum atomic E-state index is -0.195. The lowest BCUT2D eigenvalue weighted by Gasteiger charge is -2.18. The van der Waals surface area contributed by atoms with Gasteiger partial charge in [-0.25, -0.2) is 0 Å². The topological polar surface area (TPSA) is 60.1 Å². The maximum absolute atomic E-state index is 12.3. The number of rotatable bonds is 6. The first-order valence-corrected chi connectivity index (χ1v) is 8.48. The van der Waals surface area contributed by atoms with Crippen molar-refractivity contribution < 1.29 is 9.21 Å². The van der Waals surface area contributed by atoms with Gasteiger partial charge in [0.1, 0.15) is 11.8 Å². The van der Waals surface area contributed by atoms with E-state index in [1.807, 2.05) is 54.9 Å². The van der Waals surface area contributed by atoms with Crippen LogP contribution in [-0.2, 0) is 11.2 Å². The van der Waals surface area contributed by atoms with Crippen LogP contribution < -0.4 is 5.32 Å². The van der Waals surface area contributed by atoms with E-state index in [0.717, 1.165) is 22.7 Å². The number of hydrogen-bond acceptors (Lipinski definition) is 3. The Morgan fingerprint density at radius 2 is 2.08 bits per heavy atom. The Hall–Kier alpha value is -2.53. The smallest absolute Gasteiger partial charge is 0.224 e. The summed E-state index contributed by atoms with van der Waals surface area (Å²) in [5.74, 6) is 0.662. The third kappa shape index (κ3) is 4.12. The zero-order valence-electron chi connectivity index (χ0n) is 14.2. The van der Waals surface area contributed by atoms with Crippen LogP contribution in [0.15, 0.2) is 53.1 Å². The van der Waals surface area contributed by atoms with E-state index in [0.29, 0.717) is 11.6 Å². The number of carbonyl (C=O) groups is 1. The van der Waals surface area contributed by atoms with Gasteiger partial charge in [-0.05, 0) is 43.7 Å². The monoisotopic (exact) mass is 357 g/mol. The SMILES string of the molecule is Cc1cc(C)n([C@@H](CNC(=O)Cc2ccccc2Cl)c2ccco2)n1. The van der Waals surface area contributed by atoms with Gasteiger partial charge in [-0.2, -0.15) is 5.10 Å². The molecule has 0 bridgehead atoms. The summed E-state index contributed by atoms with van der Waals surface area (Å²) in [4.78, 5) is 12.3. The normalized spacial score (nSPS) is 12.1. The number of halogens is 1. The molecule has 1 aromatic carbocycles. The standard InChI is InChI=1S/C19H20ClN3O2/c1-13-10-14(2)23(22-13)17(18-8-5-9-25-18)12-21-19(24)11-15-6-3-4-7-16(15)20/h3-10,17H,11-12H2,1-2H3,(H,21,24)/t17-/m0/s1. The number of nitrogens with one attached hydrogen (secondary N) is 1. The van der Waals surface area contributed by atoms with Gasteiger partial charge < -0.3 is 9.73 Å². The molecule has 0 unspecified atom stereocenters. The van der Waals surface area contributed by atoms with Gasteiger partial charge >= 0.3 is 0 Å². The summed E-state index contributed by atoms with van der Waals surface area (Å²) in [7, 11) is 0. The lowest BCUT2D eigenvalue weighted by atomic mass is 10.1. The lowest BCUT2D eigenvalue weighted by molar-refractivity contribution is -0.120. The van der Waals surface area contributed by atoms with E-state index in [2.05, 4.69) is 10.4 Å². The number of benzene rings is 1. The highest BCUT2D eigenvalue weighted by atomic mass is 35.5. The second kappa shape index (κ2) is 7.57. The molecule has 3 aromatic rings. The van der Waals surface area contributed by atoms with Crippen molar-refractivity contribution in [3.05, 3.63) is 76.5 Å². The van der Waals surface area contributed by atoms with Crippen LogP contribution in [0.2, 0.25) is 5.02 Å². The lowest BCUT2D eigenvalue weighted by Crippen LogP contribution is -2.33. The minimum absolute atomic E-state index is 0.0915. The van der Waals surface area contributed by atoms with E-state index in [4.69, 9.17) is 16.0 Å². The van der Waals surface area contributed by atoms with Gasteiger partial charge in [0.05, 0.1) is 18.4 Å². The molecule has 130 valence electrons. The van der Waals surface area contributed by atoms with Crippen LogP contribution in [0.25, 0.3) is 0 Å². The molecular weight excluding hydrogens is 338 g/mol. The van der Waals surface area contributed by atoms with Crippen molar-refractivity contribution in [1.82, 2.24) is 15.1 Å². The Kier molecular flexibility index (Phi) is 5.24. The van der Waals surface area contributed by atoms with E-state index in [1.54, 1.807) is 12.3 Å². The molecule has 6 heteroatoms. The van der Waals surface area contributed by atoms with Crippen molar-refractivity contribution in [3.63, 3.8) is 0 Å². The predicted molar refractivity (Wildman–Crippen MR) is 96.7 cm³/mol. The first-order valence-electron chi connectivity index (χ1n) is 8.11. The zero-order valence-corrected chi connectivity index (χ0v) is 15.0. The van der Waals surface area contributed by atoms with Crippen LogP contribution in [0.5, 0.6) is 0 Å². The average molecular weight is 358 g/mol. The fraction of sp³-hybridized carbons (Fsp3) is 0.263. The summed E-state index contributed by atoms with van der Waals surface area (Å²) in [6.07, 6.45) is 1.86. The van der Waals surface area contributed by atoms with Crippen molar-refractivity contribution >= 4 is 17.5 Å². The molecule has 0 spiro atoms. The number of nitrogens with zero attached hydrogens (tertiary/aromatic N) is 2. The van der Waals surface area contributed by atoms with Crippen molar-refractivity contribution in [1.29, 1.82) is 0 Å². The first kappa shape index (κ1) is 17.3. The average Bonchev–Trinajstić information content (AvgIpc) is 3.20. The molecule has 3 rings (SSSR count). The van der Waals surface area contributed by atoms with Gasteiger partial charge in [0.15, 0.2) is 0 Å². The van der Waals surface area contributed by atoms with Crippen LogP contribution >= 0.6 is 11.6 Å². The molecule has 0 fully saturated rings. The summed E-state index contributed by atoms with van der Waals surface area (Å²) in [6.45, 7) is 4.32. The van der Waals surface area contributed by atoms with Gasteiger partial charge in [-0.1, -0.05) is 29.8 Å². The molecule has 1 N–H and O–H groups in total. The Morgan fingerprint density at radius 1 is 1.28 bits per heavy atom. The molecule has 0 saturated carbocycles. The van der Waals surface area contributed by atoms with Crippen LogP contribution in [0.3, 0.4) is 0 Å². The summed E-state index contributed by atoms with van der Waals surface area (Å²) in [6, 6.07) is 12.9. The predicted octanol–water partition coefficient (Wildman–Crippen LogP) is 3.69. The molecule has 1 atom stereocenters. The summed E-state index contributed by atoms with van der Waals surface area (Å²) < 4.78 is 7.43. The fourth-order valence-corrected chi connectivity index (χ4v) is 3.04. The second-order valence-electron chi connectivity index (χ2n) is 5.98. The van der Waals surface area contributed by atoms with Gasteiger partial charge in [-0.3, -0.25) is 9.48 Å². The van der Waals surface area contributed by atoms with E-state index in [9.17, 15) is 4.79 Å². The summed E-state index contributed by atoms with van der Waals surface area (Å²) in [5, 5.41) is 8.09. The molecule has 5 nitrogen and oxygen atoms in total. The van der Waals surface area contributed by atoms with E-state index < -0.39 is 0 Å². The third-order valence-electron chi connectivity index (χ3n) is 4.01. The molecule has 2 aromatic heterocycles. The van der Waals surface area contributed by atoms with Crippen LogP contribution in [-0.4, -0.2) is 22.2 Å².